The summed E-state index contributed by atoms with van der Waals surface area (Å²) in [6.07, 6.45) is 2.51. The predicted molar refractivity (Wildman–Crippen MR) is 89.3 cm³/mol. The van der Waals surface area contributed by atoms with Gasteiger partial charge in [-0.1, -0.05) is 12.1 Å². The lowest BCUT2D eigenvalue weighted by Crippen LogP contribution is -2.44. The van der Waals surface area contributed by atoms with Gasteiger partial charge in [-0.25, -0.2) is 4.39 Å². The largest absolute Gasteiger partial charge is 0.381 e. The highest BCUT2D eigenvalue weighted by Crippen LogP contribution is 2.20. The molecule has 1 fully saturated rings. The number of benzene rings is 1. The van der Waals surface area contributed by atoms with Gasteiger partial charge in [0, 0.05) is 36.2 Å². The minimum Gasteiger partial charge on any atom is -0.381 e. The molecule has 0 unspecified atom stereocenters. The van der Waals surface area contributed by atoms with Gasteiger partial charge in [-0.05, 0) is 48.9 Å². The Morgan fingerprint density at radius 1 is 1.26 bits per heavy atom. The molecule has 1 saturated heterocycles. The van der Waals surface area contributed by atoms with Gasteiger partial charge < -0.3 is 9.64 Å². The van der Waals surface area contributed by atoms with Crippen molar-refractivity contribution in [1.29, 1.82) is 0 Å². The van der Waals surface area contributed by atoms with Crippen LogP contribution in [0.1, 0.15) is 28.1 Å². The lowest BCUT2D eigenvalue weighted by atomic mass is 10.0. The molecule has 1 aliphatic rings. The van der Waals surface area contributed by atoms with Gasteiger partial charge in [-0.3, -0.25) is 4.79 Å². The fraction of sp³-hybridized carbons (Fsp3) is 0.389. The molecule has 2 heterocycles. The van der Waals surface area contributed by atoms with Gasteiger partial charge in [0.15, 0.2) is 0 Å². The van der Waals surface area contributed by atoms with Crippen molar-refractivity contribution in [2.75, 3.05) is 19.8 Å². The summed E-state index contributed by atoms with van der Waals surface area (Å²) < 4.78 is 18.9. The van der Waals surface area contributed by atoms with Crippen molar-refractivity contribution in [3.8, 4) is 0 Å². The fourth-order valence-electron chi connectivity index (χ4n) is 2.92. The van der Waals surface area contributed by atoms with Crippen LogP contribution in [0.4, 0.5) is 4.39 Å². The highest BCUT2D eigenvalue weighted by Gasteiger charge is 2.26. The molecule has 0 aliphatic carbocycles. The number of nitrogens with zero attached hydrogens (tertiary/aromatic N) is 1. The summed E-state index contributed by atoms with van der Waals surface area (Å²) in [5.41, 5.74) is 0.419. The summed E-state index contributed by atoms with van der Waals surface area (Å²) >= 11 is 1.70. The van der Waals surface area contributed by atoms with Crippen molar-refractivity contribution in [2.45, 2.75) is 25.3 Å². The zero-order valence-electron chi connectivity index (χ0n) is 12.9. The van der Waals surface area contributed by atoms with E-state index in [1.807, 2.05) is 16.3 Å². The maximum absolute atomic E-state index is 13.5. The van der Waals surface area contributed by atoms with E-state index in [0.717, 1.165) is 19.3 Å². The number of hydrogen-bond donors (Lipinski definition) is 0. The topological polar surface area (TPSA) is 29.5 Å². The monoisotopic (exact) mass is 333 g/mol. The molecule has 0 saturated carbocycles. The average Bonchev–Trinajstić information content (AvgIpc) is 3.09. The molecular formula is C18H20FNO2S. The number of halogens is 1. The van der Waals surface area contributed by atoms with Gasteiger partial charge in [0.2, 0.25) is 0 Å². The number of carbonyl (C=O) groups excluding carboxylic acids is 1. The zero-order chi connectivity index (χ0) is 16.1. The Kier molecular flexibility index (Phi) is 5.41. The maximum Gasteiger partial charge on any atom is 0.254 e. The van der Waals surface area contributed by atoms with Gasteiger partial charge in [-0.2, -0.15) is 0 Å². The quantitative estimate of drug-likeness (QED) is 0.834. The Morgan fingerprint density at radius 3 is 2.78 bits per heavy atom. The number of carbonyl (C=O) groups is 1. The fourth-order valence-corrected chi connectivity index (χ4v) is 3.62. The van der Waals surface area contributed by atoms with Gasteiger partial charge in [0.1, 0.15) is 5.82 Å². The number of thiophene rings is 1. The van der Waals surface area contributed by atoms with Crippen LogP contribution in [0.2, 0.25) is 0 Å². The predicted octanol–water partition coefficient (Wildman–Crippen LogP) is 3.75. The first kappa shape index (κ1) is 16.1. The van der Waals surface area contributed by atoms with Crippen LogP contribution in [-0.2, 0) is 11.2 Å². The summed E-state index contributed by atoms with van der Waals surface area (Å²) in [7, 11) is 0. The smallest absolute Gasteiger partial charge is 0.254 e. The number of rotatable bonds is 5. The Morgan fingerprint density at radius 2 is 2.09 bits per heavy atom. The second-order valence-electron chi connectivity index (χ2n) is 5.68. The van der Waals surface area contributed by atoms with E-state index in [0.29, 0.717) is 25.3 Å². The minimum absolute atomic E-state index is 0.0899. The first-order chi connectivity index (χ1) is 11.2. The molecule has 1 aliphatic heterocycles. The van der Waals surface area contributed by atoms with Gasteiger partial charge >= 0.3 is 0 Å². The summed E-state index contributed by atoms with van der Waals surface area (Å²) in [4.78, 5) is 16.0. The molecule has 0 atom stereocenters. The van der Waals surface area contributed by atoms with Crippen LogP contribution in [0.25, 0.3) is 0 Å². The molecule has 5 heteroatoms. The van der Waals surface area contributed by atoms with Crippen molar-refractivity contribution in [1.82, 2.24) is 4.90 Å². The van der Waals surface area contributed by atoms with Gasteiger partial charge in [0.05, 0.1) is 0 Å². The van der Waals surface area contributed by atoms with Gasteiger partial charge in [0.25, 0.3) is 5.91 Å². The summed E-state index contributed by atoms with van der Waals surface area (Å²) in [5, 5.41) is 2.04. The summed E-state index contributed by atoms with van der Waals surface area (Å²) in [6.45, 7) is 2.01. The first-order valence-corrected chi connectivity index (χ1v) is 8.78. The van der Waals surface area contributed by atoms with Crippen LogP contribution < -0.4 is 0 Å². The molecule has 0 bridgehead atoms. The second-order valence-corrected chi connectivity index (χ2v) is 6.71. The van der Waals surface area contributed by atoms with E-state index in [4.69, 9.17) is 4.74 Å². The van der Waals surface area contributed by atoms with Crippen molar-refractivity contribution in [2.24, 2.45) is 0 Å². The second kappa shape index (κ2) is 7.70. The zero-order valence-corrected chi connectivity index (χ0v) is 13.7. The third-order valence-electron chi connectivity index (χ3n) is 4.14. The van der Waals surface area contributed by atoms with Crippen LogP contribution >= 0.6 is 11.3 Å². The van der Waals surface area contributed by atoms with Gasteiger partial charge in [-0.15, -0.1) is 11.3 Å². The minimum atomic E-state index is -0.374. The van der Waals surface area contributed by atoms with E-state index in [2.05, 4.69) is 6.07 Å². The van der Waals surface area contributed by atoms with E-state index in [1.54, 1.807) is 23.5 Å². The molecule has 2 aromatic rings. The van der Waals surface area contributed by atoms with Crippen LogP contribution in [-0.4, -0.2) is 36.6 Å². The molecular weight excluding hydrogens is 313 g/mol. The van der Waals surface area contributed by atoms with E-state index < -0.39 is 0 Å². The lowest BCUT2D eigenvalue weighted by Gasteiger charge is -2.34. The highest BCUT2D eigenvalue weighted by molar-refractivity contribution is 7.09. The molecule has 3 nitrogen and oxygen atoms in total. The third-order valence-corrected chi connectivity index (χ3v) is 5.08. The Balaban J connectivity index is 1.76. The van der Waals surface area contributed by atoms with Crippen LogP contribution in [0.15, 0.2) is 41.8 Å². The van der Waals surface area contributed by atoms with Crippen LogP contribution in [0.3, 0.4) is 0 Å². The Bertz CT molecular complexity index is 638. The highest BCUT2D eigenvalue weighted by atomic mass is 32.1. The molecule has 0 N–H and O–H groups in total. The molecule has 23 heavy (non-hydrogen) atoms. The molecule has 1 aromatic carbocycles. The molecule has 3 rings (SSSR count). The van der Waals surface area contributed by atoms with E-state index >= 15 is 0 Å². The van der Waals surface area contributed by atoms with E-state index in [1.165, 1.54) is 17.0 Å². The van der Waals surface area contributed by atoms with Crippen molar-refractivity contribution < 1.29 is 13.9 Å². The molecule has 1 aromatic heterocycles. The number of ether oxygens (including phenoxy) is 1. The molecule has 122 valence electrons. The molecule has 1 amide bonds. The molecule has 0 spiro atoms. The van der Waals surface area contributed by atoms with Crippen molar-refractivity contribution in [3.05, 3.63) is 58.0 Å². The number of amides is 1. The van der Waals surface area contributed by atoms with Crippen molar-refractivity contribution in [3.63, 3.8) is 0 Å². The average molecular weight is 333 g/mol. The Hall–Kier alpha value is -1.72. The van der Waals surface area contributed by atoms with Crippen molar-refractivity contribution >= 4 is 17.2 Å². The third kappa shape index (κ3) is 4.18. The number of hydrogen-bond acceptors (Lipinski definition) is 3. The first-order valence-electron chi connectivity index (χ1n) is 7.91. The standard InChI is InChI=1S/C18H20FNO2S/c19-15-4-1-3-14(13-15)18(21)20(16-7-10-22-11-8-16)9-6-17-5-2-12-23-17/h1-5,12-13,16H,6-11H2. The summed E-state index contributed by atoms with van der Waals surface area (Å²) in [5.74, 6) is -0.464. The Labute approximate surface area is 139 Å². The summed E-state index contributed by atoms with van der Waals surface area (Å²) in [6, 6.07) is 10.2. The SMILES string of the molecule is O=C(c1cccc(F)c1)N(CCc1cccs1)C1CCOCC1. The molecule has 0 radical (unpaired) electrons. The maximum atomic E-state index is 13.5. The van der Waals surface area contributed by atoms with E-state index in [9.17, 15) is 9.18 Å². The van der Waals surface area contributed by atoms with Crippen LogP contribution in [0, 0.1) is 5.82 Å². The lowest BCUT2D eigenvalue weighted by molar-refractivity contribution is 0.0293. The van der Waals surface area contributed by atoms with E-state index in [-0.39, 0.29) is 17.8 Å². The van der Waals surface area contributed by atoms with Crippen LogP contribution in [0.5, 0.6) is 0 Å². The normalized spacial score (nSPS) is 15.5.